The van der Waals surface area contributed by atoms with Gasteiger partial charge in [-0.25, -0.2) is 4.39 Å². The van der Waals surface area contributed by atoms with Crippen LogP contribution in [0.2, 0.25) is 0 Å². The molecule has 2 rings (SSSR count). The van der Waals surface area contributed by atoms with E-state index in [1.54, 1.807) is 0 Å². The van der Waals surface area contributed by atoms with Gasteiger partial charge in [0.05, 0.1) is 12.2 Å². The third-order valence-electron chi connectivity index (χ3n) is 3.66. The molecular weight excluding hydrogens is 291 g/mol. The summed E-state index contributed by atoms with van der Waals surface area (Å²) in [6.45, 7) is 2.03. The topological polar surface area (TPSA) is 15.3 Å². The van der Waals surface area contributed by atoms with Gasteiger partial charge in [-0.3, -0.25) is 9.29 Å². The number of nitrogens with one attached hydrogen (secondary N) is 1. The Labute approximate surface area is 119 Å². The summed E-state index contributed by atoms with van der Waals surface area (Å²) >= 11 is 0. The van der Waals surface area contributed by atoms with Gasteiger partial charge in [0.15, 0.2) is 0 Å². The van der Waals surface area contributed by atoms with Crippen molar-refractivity contribution >= 4 is 0 Å². The molecule has 0 amide bonds. The number of piperazine rings is 1. The molecule has 0 bridgehead atoms. The predicted molar refractivity (Wildman–Crippen MR) is 69.2 cm³/mol. The Bertz CT molecular complexity index is 469. The third-order valence-corrected chi connectivity index (χ3v) is 3.66. The number of alkyl halides is 4. The fourth-order valence-corrected chi connectivity index (χ4v) is 2.62. The summed E-state index contributed by atoms with van der Waals surface area (Å²) in [5.74, 6) is -1.30. The Morgan fingerprint density at radius 2 is 1.86 bits per heavy atom. The van der Waals surface area contributed by atoms with E-state index in [0.717, 1.165) is 12.1 Å². The highest BCUT2D eigenvalue weighted by atomic mass is 19.4. The van der Waals surface area contributed by atoms with Crippen molar-refractivity contribution in [3.8, 4) is 0 Å². The van der Waals surface area contributed by atoms with E-state index in [2.05, 4.69) is 5.32 Å². The summed E-state index contributed by atoms with van der Waals surface area (Å²) in [4.78, 5) is 1.93. The molecule has 1 heterocycles. The molecule has 0 unspecified atom stereocenters. The monoisotopic (exact) mass is 308 g/mol. The van der Waals surface area contributed by atoms with E-state index < -0.39 is 30.3 Å². The van der Waals surface area contributed by atoms with Crippen LogP contribution in [0.3, 0.4) is 0 Å². The predicted octanol–water partition coefficient (Wildman–Crippen LogP) is 3.15. The van der Waals surface area contributed by atoms with Crippen LogP contribution < -0.4 is 5.32 Å². The molecule has 1 aromatic carbocycles. The molecule has 1 aliphatic heterocycles. The van der Waals surface area contributed by atoms with Gasteiger partial charge in [0.1, 0.15) is 5.82 Å². The maximum Gasteiger partial charge on any atom is 0.419 e. The van der Waals surface area contributed by atoms with Crippen molar-refractivity contribution in [2.24, 2.45) is 0 Å². The zero-order valence-electron chi connectivity index (χ0n) is 11.4. The minimum absolute atomic E-state index is 0.100. The second-order valence-corrected chi connectivity index (χ2v) is 5.02. The van der Waals surface area contributed by atoms with E-state index in [0.29, 0.717) is 31.7 Å². The fraction of sp³-hybridized carbons (Fsp3) is 0.571. The van der Waals surface area contributed by atoms with Crippen LogP contribution in [-0.4, -0.2) is 37.8 Å². The lowest BCUT2D eigenvalue weighted by molar-refractivity contribution is -0.140. The van der Waals surface area contributed by atoms with Crippen LogP contribution >= 0.6 is 0 Å². The van der Waals surface area contributed by atoms with E-state index in [1.807, 2.05) is 4.90 Å². The number of hydrogen-bond acceptors (Lipinski definition) is 2. The van der Waals surface area contributed by atoms with Crippen LogP contribution in [0.25, 0.3) is 0 Å². The van der Waals surface area contributed by atoms with Crippen LogP contribution in [0.1, 0.15) is 23.6 Å². The van der Waals surface area contributed by atoms with Crippen molar-refractivity contribution in [2.75, 3.05) is 32.9 Å². The molecular formula is C14H17F5N2. The van der Waals surface area contributed by atoms with Crippen LogP contribution in [-0.2, 0) is 6.18 Å². The zero-order chi connectivity index (χ0) is 15.5. The smallest absolute Gasteiger partial charge is 0.314 e. The van der Waals surface area contributed by atoms with Crippen molar-refractivity contribution in [3.63, 3.8) is 0 Å². The first kappa shape index (κ1) is 16.2. The maximum absolute atomic E-state index is 13.3. The van der Waals surface area contributed by atoms with Gasteiger partial charge in [-0.15, -0.1) is 0 Å². The van der Waals surface area contributed by atoms with Gasteiger partial charge in [-0.1, -0.05) is 6.07 Å². The number of benzene rings is 1. The minimum Gasteiger partial charge on any atom is -0.314 e. The number of hydrogen-bond donors (Lipinski definition) is 1. The third kappa shape index (κ3) is 3.91. The highest BCUT2D eigenvalue weighted by molar-refractivity contribution is 5.29. The van der Waals surface area contributed by atoms with Gasteiger partial charge in [0.2, 0.25) is 0 Å². The average molecular weight is 308 g/mol. The molecule has 2 nitrogen and oxygen atoms in total. The molecule has 1 N–H and O–H groups in total. The zero-order valence-corrected chi connectivity index (χ0v) is 11.4. The Hall–Kier alpha value is -1.21. The lowest BCUT2D eigenvalue weighted by atomic mass is 9.99. The average Bonchev–Trinajstić information content (AvgIpc) is 2.45. The molecule has 21 heavy (non-hydrogen) atoms. The molecule has 7 heteroatoms. The summed E-state index contributed by atoms with van der Waals surface area (Å²) in [5.41, 5.74) is -0.984. The first-order chi connectivity index (χ1) is 9.93. The van der Waals surface area contributed by atoms with Gasteiger partial charge in [-0.05, 0) is 24.1 Å². The van der Waals surface area contributed by atoms with Gasteiger partial charge in [0.25, 0.3) is 0 Å². The van der Waals surface area contributed by atoms with E-state index in [-0.39, 0.29) is 6.42 Å². The summed E-state index contributed by atoms with van der Waals surface area (Å²) < 4.78 is 64.4. The number of rotatable bonds is 4. The molecule has 1 saturated heterocycles. The Kier molecular flexibility index (Phi) is 5.16. The van der Waals surface area contributed by atoms with E-state index in [9.17, 15) is 22.0 Å². The maximum atomic E-state index is 13.3. The van der Waals surface area contributed by atoms with Crippen LogP contribution in [0.4, 0.5) is 22.0 Å². The standard InChI is InChI=1S/C14H17F5N2/c15-4-3-13(21-7-5-20-6-8-21)10-1-2-12(16)11(9-10)14(17,18)19/h1-2,9,13,20H,3-8H2/t13-/m0/s1. The summed E-state index contributed by atoms with van der Waals surface area (Å²) in [6, 6.07) is 2.47. The fourth-order valence-electron chi connectivity index (χ4n) is 2.62. The van der Waals surface area contributed by atoms with Crippen molar-refractivity contribution < 1.29 is 22.0 Å². The number of halogens is 5. The minimum atomic E-state index is -4.75. The SMILES string of the molecule is FCC[C@@H](c1ccc(F)c(C(F)(F)F)c1)N1CCNCC1. The molecule has 1 fully saturated rings. The summed E-state index contributed by atoms with van der Waals surface area (Å²) in [5, 5.41) is 3.13. The molecule has 1 aromatic rings. The second kappa shape index (κ2) is 6.70. The van der Waals surface area contributed by atoms with Crippen LogP contribution in [0.5, 0.6) is 0 Å². The van der Waals surface area contributed by atoms with E-state index >= 15 is 0 Å². The molecule has 118 valence electrons. The molecule has 1 aliphatic rings. The lowest BCUT2D eigenvalue weighted by Crippen LogP contribution is -2.45. The molecule has 0 spiro atoms. The van der Waals surface area contributed by atoms with Crippen molar-refractivity contribution in [1.82, 2.24) is 10.2 Å². The molecule has 0 saturated carbocycles. The molecule has 0 aliphatic carbocycles. The Balaban J connectivity index is 2.31. The quantitative estimate of drug-likeness (QED) is 0.860. The van der Waals surface area contributed by atoms with E-state index in [4.69, 9.17) is 0 Å². The Morgan fingerprint density at radius 3 is 2.43 bits per heavy atom. The van der Waals surface area contributed by atoms with Gasteiger partial charge in [-0.2, -0.15) is 13.2 Å². The largest absolute Gasteiger partial charge is 0.419 e. The second-order valence-electron chi connectivity index (χ2n) is 5.02. The lowest BCUT2D eigenvalue weighted by Gasteiger charge is -2.35. The normalized spacial score (nSPS) is 18.7. The Morgan fingerprint density at radius 1 is 1.19 bits per heavy atom. The molecule has 0 radical (unpaired) electrons. The number of nitrogens with zero attached hydrogens (tertiary/aromatic N) is 1. The first-order valence-corrected chi connectivity index (χ1v) is 6.81. The van der Waals surface area contributed by atoms with Crippen molar-refractivity contribution in [1.29, 1.82) is 0 Å². The first-order valence-electron chi connectivity index (χ1n) is 6.81. The van der Waals surface area contributed by atoms with Gasteiger partial charge in [0, 0.05) is 32.2 Å². The van der Waals surface area contributed by atoms with E-state index in [1.165, 1.54) is 6.07 Å². The van der Waals surface area contributed by atoms with Gasteiger partial charge >= 0.3 is 6.18 Å². The van der Waals surface area contributed by atoms with Crippen LogP contribution in [0, 0.1) is 5.82 Å². The van der Waals surface area contributed by atoms with Gasteiger partial charge < -0.3 is 5.32 Å². The van der Waals surface area contributed by atoms with Crippen LogP contribution in [0.15, 0.2) is 18.2 Å². The highest BCUT2D eigenvalue weighted by Gasteiger charge is 2.35. The molecule has 0 aromatic heterocycles. The molecule has 1 atom stereocenters. The van der Waals surface area contributed by atoms with Crippen molar-refractivity contribution in [3.05, 3.63) is 35.1 Å². The summed E-state index contributed by atoms with van der Waals surface area (Å²) in [7, 11) is 0. The highest BCUT2D eigenvalue weighted by Crippen LogP contribution is 2.34. The van der Waals surface area contributed by atoms with Crippen molar-refractivity contribution in [2.45, 2.75) is 18.6 Å². The summed E-state index contributed by atoms with van der Waals surface area (Å²) in [6.07, 6.45) is -4.65.